The molecule has 110 valence electrons. The molecule has 0 fully saturated rings. The fourth-order valence-corrected chi connectivity index (χ4v) is 1.70. The number of primary amides is 1. The molecule has 20 heavy (non-hydrogen) atoms. The van der Waals surface area contributed by atoms with Gasteiger partial charge >= 0.3 is 6.09 Å². The van der Waals surface area contributed by atoms with Crippen LogP contribution in [-0.2, 0) is 16.1 Å². The number of hydroxylamine groups is 2. The zero-order valence-corrected chi connectivity index (χ0v) is 11.7. The Kier molecular flexibility index (Phi) is 5.99. The van der Waals surface area contributed by atoms with E-state index < -0.39 is 18.0 Å². The molecule has 0 aromatic heterocycles. The van der Waals surface area contributed by atoms with Crippen molar-refractivity contribution in [3.63, 3.8) is 0 Å². The number of rotatable bonds is 6. The molecule has 0 aliphatic rings. The van der Waals surface area contributed by atoms with Crippen LogP contribution in [0.2, 0.25) is 0 Å². The minimum absolute atomic E-state index is 0.0178. The van der Waals surface area contributed by atoms with Crippen LogP contribution in [0.1, 0.15) is 25.8 Å². The fraction of sp³-hybridized carbons (Fsp3) is 0.429. The number of benzene rings is 1. The molecule has 0 bridgehead atoms. The normalized spacial score (nSPS) is 12.0. The molecular formula is C14H20N2O4. The molecule has 1 rings (SSSR count). The van der Waals surface area contributed by atoms with Gasteiger partial charge in [-0.3, -0.25) is 10.0 Å². The van der Waals surface area contributed by atoms with Crippen LogP contribution >= 0.6 is 0 Å². The molecule has 1 aromatic rings. The average Bonchev–Trinajstić information content (AvgIpc) is 2.42. The minimum atomic E-state index is -1.08. The highest BCUT2D eigenvalue weighted by atomic mass is 16.6. The van der Waals surface area contributed by atoms with E-state index in [1.165, 1.54) is 0 Å². The van der Waals surface area contributed by atoms with Gasteiger partial charge in [-0.2, -0.15) is 5.06 Å². The molecular weight excluding hydrogens is 260 g/mol. The average molecular weight is 280 g/mol. The van der Waals surface area contributed by atoms with Gasteiger partial charge < -0.3 is 10.5 Å². The highest BCUT2D eigenvalue weighted by Gasteiger charge is 2.29. The first-order chi connectivity index (χ1) is 9.41. The Balaban J connectivity index is 2.58. The van der Waals surface area contributed by atoms with Gasteiger partial charge in [-0.1, -0.05) is 44.2 Å². The van der Waals surface area contributed by atoms with Crippen LogP contribution in [0.3, 0.4) is 0 Å². The van der Waals surface area contributed by atoms with Gasteiger partial charge in [0, 0.05) is 0 Å². The molecule has 0 saturated carbocycles. The second kappa shape index (κ2) is 7.49. The maximum Gasteiger partial charge on any atom is 0.434 e. The summed E-state index contributed by atoms with van der Waals surface area (Å²) in [6.45, 7) is 3.74. The van der Waals surface area contributed by atoms with Gasteiger partial charge in [0.15, 0.2) is 0 Å². The number of hydrogen-bond acceptors (Lipinski definition) is 4. The summed E-state index contributed by atoms with van der Waals surface area (Å²) in [6.07, 6.45) is -0.718. The number of nitrogens with zero attached hydrogens (tertiary/aromatic N) is 1. The molecule has 0 aliphatic heterocycles. The predicted molar refractivity (Wildman–Crippen MR) is 72.7 cm³/mol. The van der Waals surface area contributed by atoms with E-state index in [4.69, 9.17) is 10.5 Å². The van der Waals surface area contributed by atoms with E-state index in [-0.39, 0.29) is 24.0 Å². The van der Waals surface area contributed by atoms with Gasteiger partial charge in [0.2, 0.25) is 5.91 Å². The van der Waals surface area contributed by atoms with Gasteiger partial charge in [0.25, 0.3) is 0 Å². The van der Waals surface area contributed by atoms with Crippen LogP contribution < -0.4 is 5.73 Å². The maximum absolute atomic E-state index is 11.7. The molecule has 0 saturated heterocycles. The number of nitrogens with two attached hydrogens (primary N) is 1. The number of hydrogen-bond donors (Lipinski definition) is 2. The maximum atomic E-state index is 11.7. The molecule has 3 N–H and O–H groups in total. The standard InChI is InChI=1S/C14H20N2O4/c1-10(2)8-12(13(15)17)16(19)14(18)20-9-11-6-4-3-5-7-11/h3-7,10,12,19H,8-9H2,1-2H3,(H2,15,17). The third-order valence-corrected chi connectivity index (χ3v) is 2.71. The highest BCUT2D eigenvalue weighted by Crippen LogP contribution is 2.12. The minimum Gasteiger partial charge on any atom is -0.443 e. The molecule has 2 amide bonds. The summed E-state index contributed by atoms with van der Waals surface area (Å²) in [7, 11) is 0. The number of carbonyl (C=O) groups is 2. The second-order valence-electron chi connectivity index (χ2n) is 4.93. The van der Waals surface area contributed by atoms with Crippen molar-refractivity contribution in [1.29, 1.82) is 0 Å². The van der Waals surface area contributed by atoms with Crippen molar-refractivity contribution in [2.24, 2.45) is 11.7 Å². The van der Waals surface area contributed by atoms with Crippen molar-refractivity contribution in [2.75, 3.05) is 0 Å². The largest absolute Gasteiger partial charge is 0.443 e. The quantitative estimate of drug-likeness (QED) is 0.615. The van der Waals surface area contributed by atoms with Gasteiger partial charge in [-0.25, -0.2) is 4.79 Å². The molecule has 1 unspecified atom stereocenters. The van der Waals surface area contributed by atoms with E-state index in [1.54, 1.807) is 12.1 Å². The summed E-state index contributed by atoms with van der Waals surface area (Å²) in [5, 5.41) is 10.0. The van der Waals surface area contributed by atoms with Gasteiger partial charge in [-0.05, 0) is 17.9 Å². The Bertz CT molecular complexity index is 448. The zero-order chi connectivity index (χ0) is 15.1. The third-order valence-electron chi connectivity index (χ3n) is 2.71. The number of ether oxygens (including phenoxy) is 1. The number of carbonyl (C=O) groups excluding carboxylic acids is 2. The van der Waals surface area contributed by atoms with Crippen LogP contribution in [0.25, 0.3) is 0 Å². The molecule has 1 aromatic carbocycles. The van der Waals surface area contributed by atoms with Crippen molar-refractivity contribution in [2.45, 2.75) is 32.9 Å². The summed E-state index contributed by atoms with van der Waals surface area (Å²) in [5.74, 6) is -0.665. The van der Waals surface area contributed by atoms with E-state index >= 15 is 0 Å². The summed E-state index contributed by atoms with van der Waals surface area (Å²) < 4.78 is 4.93. The van der Waals surface area contributed by atoms with E-state index in [0.29, 0.717) is 0 Å². The predicted octanol–water partition coefficient (Wildman–Crippen LogP) is 1.91. The summed E-state index contributed by atoms with van der Waals surface area (Å²) in [5.41, 5.74) is 5.97. The summed E-state index contributed by atoms with van der Waals surface area (Å²) in [6, 6.07) is 7.95. The Hall–Kier alpha value is -2.08. The second-order valence-corrected chi connectivity index (χ2v) is 4.93. The zero-order valence-electron chi connectivity index (χ0n) is 11.7. The van der Waals surface area contributed by atoms with Crippen molar-refractivity contribution in [3.05, 3.63) is 35.9 Å². The first-order valence-corrected chi connectivity index (χ1v) is 6.40. The molecule has 0 aliphatic carbocycles. The van der Waals surface area contributed by atoms with Gasteiger partial charge in [0.05, 0.1) is 0 Å². The summed E-state index contributed by atoms with van der Waals surface area (Å²) >= 11 is 0. The SMILES string of the molecule is CC(C)CC(C(N)=O)N(O)C(=O)OCc1ccccc1. The lowest BCUT2D eigenvalue weighted by Crippen LogP contribution is -2.46. The molecule has 0 heterocycles. The van der Waals surface area contributed by atoms with Crippen molar-refractivity contribution >= 4 is 12.0 Å². The van der Waals surface area contributed by atoms with Crippen LogP contribution in [0.4, 0.5) is 4.79 Å². The highest BCUT2D eigenvalue weighted by molar-refractivity contribution is 5.83. The van der Waals surface area contributed by atoms with E-state index in [9.17, 15) is 14.8 Å². The smallest absolute Gasteiger partial charge is 0.434 e. The molecule has 6 heteroatoms. The first kappa shape index (κ1) is 16.0. The Morgan fingerprint density at radius 2 is 1.90 bits per heavy atom. The lowest BCUT2D eigenvalue weighted by molar-refractivity contribution is -0.145. The van der Waals surface area contributed by atoms with Crippen molar-refractivity contribution < 1.29 is 19.5 Å². The van der Waals surface area contributed by atoms with Crippen LogP contribution in [0, 0.1) is 5.92 Å². The summed E-state index contributed by atoms with van der Waals surface area (Å²) in [4.78, 5) is 23.0. The molecule has 0 radical (unpaired) electrons. The topological polar surface area (TPSA) is 92.9 Å². The molecule has 6 nitrogen and oxygen atoms in total. The first-order valence-electron chi connectivity index (χ1n) is 6.40. The van der Waals surface area contributed by atoms with Crippen LogP contribution in [0.5, 0.6) is 0 Å². The number of amides is 2. The Labute approximate surface area is 118 Å². The van der Waals surface area contributed by atoms with E-state index in [2.05, 4.69) is 0 Å². The lowest BCUT2D eigenvalue weighted by atomic mass is 10.0. The van der Waals surface area contributed by atoms with E-state index in [0.717, 1.165) is 5.56 Å². The van der Waals surface area contributed by atoms with Crippen molar-refractivity contribution in [3.8, 4) is 0 Å². The van der Waals surface area contributed by atoms with Gasteiger partial charge in [0.1, 0.15) is 12.6 Å². The molecule has 1 atom stereocenters. The third kappa shape index (κ3) is 4.89. The molecule has 0 spiro atoms. The lowest BCUT2D eigenvalue weighted by Gasteiger charge is -2.24. The fourth-order valence-electron chi connectivity index (χ4n) is 1.70. The van der Waals surface area contributed by atoms with E-state index in [1.807, 2.05) is 32.0 Å². The van der Waals surface area contributed by atoms with Crippen LogP contribution in [0.15, 0.2) is 30.3 Å². The Morgan fingerprint density at radius 3 is 2.40 bits per heavy atom. The monoisotopic (exact) mass is 280 g/mol. The van der Waals surface area contributed by atoms with Crippen molar-refractivity contribution in [1.82, 2.24) is 5.06 Å². The van der Waals surface area contributed by atoms with Gasteiger partial charge in [-0.15, -0.1) is 0 Å². The Morgan fingerprint density at radius 1 is 1.30 bits per heavy atom. The van der Waals surface area contributed by atoms with Crippen LogP contribution in [-0.4, -0.2) is 28.3 Å².